The molecule has 3 atom stereocenters. The smallest absolute Gasteiger partial charge is 0.164 e. The normalized spacial score (nSPS) is 29.8. The summed E-state index contributed by atoms with van der Waals surface area (Å²) < 4.78 is 0.984. The average molecular weight is 307 g/mol. The molecule has 2 aliphatic rings. The van der Waals surface area contributed by atoms with E-state index in [1.165, 1.54) is 25.7 Å². The molecule has 0 N–H and O–H groups in total. The van der Waals surface area contributed by atoms with Crippen molar-refractivity contribution in [3.8, 4) is 0 Å². The zero-order chi connectivity index (χ0) is 12.7. The maximum absolute atomic E-state index is 12.4. The third kappa shape index (κ3) is 2.16. The molecule has 96 valence electrons. The van der Waals surface area contributed by atoms with Gasteiger partial charge in [-0.25, -0.2) is 0 Å². The van der Waals surface area contributed by atoms with E-state index < -0.39 is 0 Å². The minimum atomic E-state index is 0.322. The van der Waals surface area contributed by atoms with Crippen LogP contribution in [0.1, 0.15) is 48.0 Å². The van der Waals surface area contributed by atoms with Crippen LogP contribution < -0.4 is 0 Å². The quantitative estimate of drug-likeness (QED) is 0.735. The largest absolute Gasteiger partial charge is 0.294 e. The lowest BCUT2D eigenvalue weighted by Gasteiger charge is -2.21. The maximum Gasteiger partial charge on any atom is 0.164 e. The predicted octanol–water partition coefficient (Wildman–Crippen LogP) is 4.77. The number of carbonyl (C=O) groups is 1. The number of hydrogen-bond acceptors (Lipinski definition) is 1. The summed E-state index contributed by atoms with van der Waals surface area (Å²) in [7, 11) is 0. The lowest BCUT2D eigenvalue weighted by Crippen LogP contribution is -2.15. The minimum absolute atomic E-state index is 0.322. The van der Waals surface area contributed by atoms with Crippen LogP contribution in [0.3, 0.4) is 0 Å². The molecule has 0 amide bonds. The van der Waals surface area contributed by atoms with E-state index in [1.807, 2.05) is 25.1 Å². The van der Waals surface area contributed by atoms with Gasteiger partial charge in [-0.05, 0) is 65.4 Å². The Labute approximate surface area is 117 Å². The first kappa shape index (κ1) is 12.4. The molecule has 2 heteroatoms. The number of halogens is 1. The van der Waals surface area contributed by atoms with Gasteiger partial charge in [-0.1, -0.05) is 24.6 Å². The fraction of sp³-hybridized carbons (Fsp3) is 0.562. The lowest BCUT2D eigenvalue weighted by atomic mass is 9.84. The van der Waals surface area contributed by atoms with Gasteiger partial charge in [0.2, 0.25) is 0 Å². The molecule has 0 saturated heterocycles. The predicted molar refractivity (Wildman–Crippen MR) is 76.8 cm³/mol. The van der Waals surface area contributed by atoms with Gasteiger partial charge in [-0.15, -0.1) is 0 Å². The number of fused-ring (bicyclic) bond motifs is 2. The zero-order valence-electron chi connectivity index (χ0n) is 10.8. The molecular weight excluding hydrogens is 288 g/mol. The molecule has 3 unspecified atom stereocenters. The van der Waals surface area contributed by atoms with Crippen LogP contribution in [-0.4, -0.2) is 5.78 Å². The molecule has 0 heterocycles. The number of Topliss-reactive ketones (excluding diaryl/α,β-unsaturated/α-hetero) is 1. The molecule has 2 bridgehead atoms. The Hall–Kier alpha value is -0.630. The van der Waals surface area contributed by atoms with Crippen LogP contribution in [0.25, 0.3) is 0 Å². The van der Waals surface area contributed by atoms with Crippen molar-refractivity contribution in [3.05, 3.63) is 33.8 Å². The third-order valence-corrected chi connectivity index (χ3v) is 5.88. The second kappa shape index (κ2) is 4.80. The molecule has 2 fully saturated rings. The number of rotatable bonds is 3. The number of carbonyl (C=O) groups excluding carboxylic acids is 1. The zero-order valence-corrected chi connectivity index (χ0v) is 12.4. The van der Waals surface area contributed by atoms with Crippen molar-refractivity contribution in [1.29, 1.82) is 0 Å². The molecule has 0 aromatic heterocycles. The van der Waals surface area contributed by atoms with Crippen molar-refractivity contribution in [3.63, 3.8) is 0 Å². The Balaban J connectivity index is 1.73. The van der Waals surface area contributed by atoms with Crippen molar-refractivity contribution < 1.29 is 4.79 Å². The van der Waals surface area contributed by atoms with Gasteiger partial charge in [-0.3, -0.25) is 4.79 Å². The summed E-state index contributed by atoms with van der Waals surface area (Å²) in [5.74, 6) is 2.74. The fourth-order valence-electron chi connectivity index (χ4n) is 3.84. The maximum atomic E-state index is 12.4. The molecule has 0 aliphatic heterocycles. The Bertz CT molecular complexity index is 480. The van der Waals surface area contributed by atoms with E-state index in [1.54, 1.807) is 0 Å². The molecule has 2 saturated carbocycles. The van der Waals surface area contributed by atoms with E-state index in [2.05, 4.69) is 15.9 Å². The van der Waals surface area contributed by atoms with Gasteiger partial charge in [0, 0.05) is 16.5 Å². The first-order valence-corrected chi connectivity index (χ1v) is 7.72. The van der Waals surface area contributed by atoms with Crippen LogP contribution in [0.15, 0.2) is 22.7 Å². The van der Waals surface area contributed by atoms with Crippen molar-refractivity contribution >= 4 is 21.7 Å². The Morgan fingerprint density at radius 3 is 2.83 bits per heavy atom. The van der Waals surface area contributed by atoms with Crippen molar-refractivity contribution in [2.24, 2.45) is 17.8 Å². The molecule has 1 aromatic rings. The lowest BCUT2D eigenvalue weighted by molar-refractivity contribution is 0.0943. The number of benzene rings is 1. The van der Waals surface area contributed by atoms with E-state index in [9.17, 15) is 4.79 Å². The third-order valence-electron chi connectivity index (χ3n) is 4.82. The summed E-state index contributed by atoms with van der Waals surface area (Å²) in [5.41, 5.74) is 2.02. The highest BCUT2D eigenvalue weighted by Gasteiger charge is 2.40. The SMILES string of the molecule is Cc1cccc(C(=O)CC2CC3CCC2C3)c1Br. The highest BCUT2D eigenvalue weighted by Crippen LogP contribution is 2.49. The van der Waals surface area contributed by atoms with Crippen LogP contribution in [0, 0.1) is 24.7 Å². The number of hydrogen-bond donors (Lipinski definition) is 0. The van der Waals surface area contributed by atoms with Gasteiger partial charge in [0.25, 0.3) is 0 Å². The molecule has 0 radical (unpaired) electrons. The molecule has 18 heavy (non-hydrogen) atoms. The number of ketones is 1. The topological polar surface area (TPSA) is 17.1 Å². The van der Waals surface area contributed by atoms with E-state index >= 15 is 0 Å². The summed E-state index contributed by atoms with van der Waals surface area (Å²) in [4.78, 5) is 12.4. The molecule has 3 rings (SSSR count). The number of aryl methyl sites for hydroxylation is 1. The van der Waals surface area contributed by atoms with E-state index in [4.69, 9.17) is 0 Å². The first-order valence-electron chi connectivity index (χ1n) is 6.93. The summed E-state index contributed by atoms with van der Waals surface area (Å²) >= 11 is 3.55. The van der Waals surface area contributed by atoms with Gasteiger partial charge in [0.15, 0.2) is 5.78 Å². The first-order chi connectivity index (χ1) is 8.65. The van der Waals surface area contributed by atoms with Crippen molar-refractivity contribution in [1.82, 2.24) is 0 Å². The van der Waals surface area contributed by atoms with Crippen molar-refractivity contribution in [2.45, 2.75) is 39.0 Å². The second-order valence-corrected chi connectivity index (χ2v) is 6.79. The molecular formula is C16H19BrO. The summed E-state index contributed by atoms with van der Waals surface area (Å²) in [5, 5.41) is 0. The van der Waals surface area contributed by atoms with Crippen LogP contribution in [0.2, 0.25) is 0 Å². The van der Waals surface area contributed by atoms with Gasteiger partial charge in [-0.2, -0.15) is 0 Å². The summed E-state index contributed by atoms with van der Waals surface area (Å²) in [6.07, 6.45) is 6.19. The Morgan fingerprint density at radius 2 is 2.17 bits per heavy atom. The van der Waals surface area contributed by atoms with E-state index in [0.29, 0.717) is 11.7 Å². The summed E-state index contributed by atoms with van der Waals surface area (Å²) in [6, 6.07) is 5.97. The van der Waals surface area contributed by atoms with Crippen molar-refractivity contribution in [2.75, 3.05) is 0 Å². The van der Waals surface area contributed by atoms with Gasteiger partial charge in [0.05, 0.1) is 0 Å². The molecule has 2 aliphatic carbocycles. The average Bonchev–Trinajstić information content (AvgIpc) is 2.94. The second-order valence-electron chi connectivity index (χ2n) is 6.00. The Kier molecular flexibility index (Phi) is 3.31. The van der Waals surface area contributed by atoms with Crippen LogP contribution in [-0.2, 0) is 0 Å². The standard InChI is InChI=1S/C16H19BrO/c1-10-3-2-4-14(16(10)17)15(18)9-13-8-11-5-6-12(13)7-11/h2-4,11-13H,5-9H2,1H3. The van der Waals surface area contributed by atoms with Crippen LogP contribution in [0.5, 0.6) is 0 Å². The Morgan fingerprint density at radius 1 is 1.33 bits per heavy atom. The van der Waals surface area contributed by atoms with Gasteiger partial charge >= 0.3 is 0 Å². The van der Waals surface area contributed by atoms with E-state index in [0.717, 1.165) is 33.9 Å². The van der Waals surface area contributed by atoms with Gasteiger partial charge in [0.1, 0.15) is 0 Å². The minimum Gasteiger partial charge on any atom is -0.294 e. The summed E-state index contributed by atoms with van der Waals surface area (Å²) in [6.45, 7) is 2.04. The monoisotopic (exact) mass is 306 g/mol. The molecule has 1 aromatic carbocycles. The highest BCUT2D eigenvalue weighted by molar-refractivity contribution is 9.10. The highest BCUT2D eigenvalue weighted by atomic mass is 79.9. The molecule has 0 spiro atoms. The van der Waals surface area contributed by atoms with Crippen LogP contribution >= 0.6 is 15.9 Å². The molecule has 1 nitrogen and oxygen atoms in total. The van der Waals surface area contributed by atoms with Crippen LogP contribution in [0.4, 0.5) is 0 Å². The fourth-order valence-corrected chi connectivity index (χ4v) is 4.32. The van der Waals surface area contributed by atoms with E-state index in [-0.39, 0.29) is 0 Å². The van der Waals surface area contributed by atoms with Gasteiger partial charge < -0.3 is 0 Å².